The molecule has 2 aromatic heterocycles. The third kappa shape index (κ3) is 4.32. The number of pyridine rings is 1. The number of anilines is 1. The molecular weight excluding hydrogens is 386 g/mol. The molecule has 2 amide bonds. The first kappa shape index (κ1) is 19.2. The molecule has 1 aliphatic heterocycles. The lowest BCUT2D eigenvalue weighted by atomic mass is 10.0. The van der Waals surface area contributed by atoms with E-state index in [4.69, 9.17) is 0 Å². The van der Waals surface area contributed by atoms with E-state index in [0.29, 0.717) is 24.3 Å². The minimum Gasteiger partial charge on any atom is -0.325 e. The summed E-state index contributed by atoms with van der Waals surface area (Å²) in [5, 5.41) is 12.9. The number of rotatable bonds is 4. The van der Waals surface area contributed by atoms with Gasteiger partial charge in [0.1, 0.15) is 21.8 Å². The number of nitrogens with one attached hydrogen (secondary N) is 1. The van der Waals surface area contributed by atoms with Gasteiger partial charge < -0.3 is 10.2 Å². The number of hydrogen-bond donors (Lipinski definition) is 1. The number of benzene rings is 1. The van der Waals surface area contributed by atoms with Crippen LogP contribution in [0.3, 0.4) is 0 Å². The van der Waals surface area contributed by atoms with Crippen LogP contribution >= 0.6 is 11.3 Å². The summed E-state index contributed by atoms with van der Waals surface area (Å²) in [4.78, 5) is 31.7. The van der Waals surface area contributed by atoms with Gasteiger partial charge in [0.15, 0.2) is 0 Å². The van der Waals surface area contributed by atoms with E-state index in [1.807, 2.05) is 31.2 Å². The van der Waals surface area contributed by atoms with Crippen LogP contribution in [0, 0.1) is 6.92 Å². The Hall–Kier alpha value is -3.13. The van der Waals surface area contributed by atoms with Crippen LogP contribution in [-0.2, 0) is 4.79 Å². The zero-order valence-corrected chi connectivity index (χ0v) is 16.9. The molecule has 29 heavy (non-hydrogen) atoms. The fourth-order valence-electron chi connectivity index (χ4n) is 3.45. The molecule has 0 radical (unpaired) electrons. The Balaban J connectivity index is 1.51. The van der Waals surface area contributed by atoms with E-state index in [0.717, 1.165) is 28.4 Å². The first-order chi connectivity index (χ1) is 14.1. The Bertz CT molecular complexity index is 1020. The quantitative estimate of drug-likeness (QED) is 0.715. The van der Waals surface area contributed by atoms with Gasteiger partial charge in [-0.15, -0.1) is 10.2 Å². The smallest absolute Gasteiger partial charge is 0.273 e. The van der Waals surface area contributed by atoms with E-state index in [1.165, 1.54) is 11.3 Å². The Labute approximate surface area is 172 Å². The molecule has 0 spiro atoms. The zero-order chi connectivity index (χ0) is 20.2. The van der Waals surface area contributed by atoms with Crippen molar-refractivity contribution in [1.29, 1.82) is 0 Å². The summed E-state index contributed by atoms with van der Waals surface area (Å²) >= 11 is 1.50. The second kappa shape index (κ2) is 8.48. The topological polar surface area (TPSA) is 88.1 Å². The van der Waals surface area contributed by atoms with Crippen molar-refractivity contribution in [3.05, 3.63) is 59.4 Å². The summed E-state index contributed by atoms with van der Waals surface area (Å²) in [6.45, 7) is 2.46. The number of carbonyl (C=O) groups excluding carboxylic acids is 2. The SMILES string of the molecule is Cc1nnc(-c2cccc(NC(=O)C3CCCCN3C(=O)c3ccccn3)c2)s1. The third-order valence-corrected chi connectivity index (χ3v) is 5.74. The van der Waals surface area contributed by atoms with Gasteiger partial charge in [0.2, 0.25) is 5.91 Å². The first-order valence-electron chi connectivity index (χ1n) is 9.55. The predicted molar refractivity (Wildman–Crippen MR) is 112 cm³/mol. The number of nitrogens with zero attached hydrogens (tertiary/aromatic N) is 4. The second-order valence-corrected chi connectivity index (χ2v) is 8.10. The van der Waals surface area contributed by atoms with Crippen molar-refractivity contribution in [3.8, 4) is 10.6 Å². The molecule has 4 rings (SSSR count). The van der Waals surface area contributed by atoms with Crippen LogP contribution in [0.4, 0.5) is 5.69 Å². The molecule has 1 fully saturated rings. The van der Waals surface area contributed by atoms with E-state index in [1.54, 1.807) is 29.3 Å². The highest BCUT2D eigenvalue weighted by Crippen LogP contribution is 2.26. The molecule has 0 aliphatic carbocycles. The summed E-state index contributed by atoms with van der Waals surface area (Å²) < 4.78 is 0. The number of amides is 2. The summed E-state index contributed by atoms with van der Waals surface area (Å²) in [5.41, 5.74) is 1.94. The van der Waals surface area contributed by atoms with Crippen molar-refractivity contribution < 1.29 is 9.59 Å². The molecule has 3 heterocycles. The molecule has 1 aliphatic rings. The molecule has 7 nitrogen and oxygen atoms in total. The summed E-state index contributed by atoms with van der Waals surface area (Å²) in [7, 11) is 0. The summed E-state index contributed by atoms with van der Waals surface area (Å²) in [5.74, 6) is -0.386. The molecule has 0 bridgehead atoms. The zero-order valence-electron chi connectivity index (χ0n) is 16.0. The van der Waals surface area contributed by atoms with Gasteiger partial charge in [0.05, 0.1) is 0 Å². The second-order valence-electron chi connectivity index (χ2n) is 6.92. The van der Waals surface area contributed by atoms with Crippen LogP contribution in [0.1, 0.15) is 34.8 Å². The minimum absolute atomic E-state index is 0.181. The number of likely N-dealkylation sites (tertiary alicyclic amines) is 1. The Kier molecular flexibility index (Phi) is 5.62. The van der Waals surface area contributed by atoms with E-state index >= 15 is 0 Å². The third-order valence-electron chi connectivity index (χ3n) is 4.85. The molecule has 1 unspecified atom stereocenters. The fraction of sp³-hybridized carbons (Fsp3) is 0.286. The number of aromatic nitrogens is 3. The number of carbonyl (C=O) groups is 2. The number of hydrogen-bond acceptors (Lipinski definition) is 6. The Morgan fingerprint density at radius 3 is 2.79 bits per heavy atom. The van der Waals surface area contributed by atoms with Crippen molar-refractivity contribution in [3.63, 3.8) is 0 Å². The van der Waals surface area contributed by atoms with Crippen molar-refractivity contribution in [2.45, 2.75) is 32.2 Å². The maximum Gasteiger partial charge on any atom is 0.273 e. The molecule has 0 saturated carbocycles. The van der Waals surface area contributed by atoms with Crippen molar-refractivity contribution in [2.75, 3.05) is 11.9 Å². The van der Waals surface area contributed by atoms with Crippen LogP contribution < -0.4 is 5.32 Å². The monoisotopic (exact) mass is 407 g/mol. The molecule has 3 aromatic rings. The normalized spacial score (nSPS) is 16.4. The average molecular weight is 407 g/mol. The first-order valence-corrected chi connectivity index (χ1v) is 10.4. The van der Waals surface area contributed by atoms with Crippen LogP contribution in [0.25, 0.3) is 10.6 Å². The van der Waals surface area contributed by atoms with Crippen molar-refractivity contribution in [1.82, 2.24) is 20.1 Å². The standard InChI is InChI=1S/C21H21N5O2S/c1-14-24-25-20(29-14)15-7-6-8-16(13-15)23-19(27)18-10-3-5-12-26(18)21(28)17-9-2-4-11-22-17/h2,4,6-9,11,13,18H,3,5,10,12H2,1H3,(H,23,27). The van der Waals surface area contributed by atoms with Crippen LogP contribution in [0.2, 0.25) is 0 Å². The lowest BCUT2D eigenvalue weighted by molar-refractivity contribution is -0.121. The van der Waals surface area contributed by atoms with Crippen molar-refractivity contribution >= 4 is 28.8 Å². The highest BCUT2D eigenvalue weighted by molar-refractivity contribution is 7.14. The van der Waals surface area contributed by atoms with Crippen LogP contribution in [0.5, 0.6) is 0 Å². The van der Waals surface area contributed by atoms with Gasteiger partial charge >= 0.3 is 0 Å². The minimum atomic E-state index is -0.509. The van der Waals surface area contributed by atoms with Gasteiger partial charge in [-0.05, 0) is 50.5 Å². The highest BCUT2D eigenvalue weighted by atomic mass is 32.1. The van der Waals surface area contributed by atoms with Crippen molar-refractivity contribution in [2.24, 2.45) is 0 Å². The molecule has 148 valence electrons. The average Bonchev–Trinajstić information content (AvgIpc) is 3.20. The van der Waals surface area contributed by atoms with E-state index in [-0.39, 0.29) is 11.8 Å². The molecule has 1 atom stereocenters. The largest absolute Gasteiger partial charge is 0.325 e. The van der Waals surface area contributed by atoms with Gasteiger partial charge in [0, 0.05) is 24.0 Å². The Morgan fingerprint density at radius 2 is 2.03 bits per heavy atom. The van der Waals surface area contributed by atoms with Gasteiger partial charge in [0.25, 0.3) is 5.91 Å². The predicted octanol–water partition coefficient (Wildman–Crippen LogP) is 3.54. The maximum atomic E-state index is 13.0. The summed E-state index contributed by atoms with van der Waals surface area (Å²) in [6, 6.07) is 12.2. The van der Waals surface area contributed by atoms with Crippen LogP contribution in [0.15, 0.2) is 48.7 Å². The number of aryl methyl sites for hydroxylation is 1. The lowest BCUT2D eigenvalue weighted by Gasteiger charge is -2.34. The Morgan fingerprint density at radius 1 is 1.14 bits per heavy atom. The van der Waals surface area contributed by atoms with Crippen LogP contribution in [-0.4, -0.2) is 44.5 Å². The molecular formula is C21H21N5O2S. The lowest BCUT2D eigenvalue weighted by Crippen LogP contribution is -2.50. The van der Waals surface area contributed by atoms with E-state index < -0.39 is 6.04 Å². The fourth-order valence-corrected chi connectivity index (χ4v) is 4.14. The maximum absolute atomic E-state index is 13.0. The van der Waals surface area contributed by atoms with E-state index in [2.05, 4.69) is 20.5 Å². The highest BCUT2D eigenvalue weighted by Gasteiger charge is 2.33. The molecule has 1 N–H and O–H groups in total. The van der Waals surface area contributed by atoms with Gasteiger partial charge in [-0.2, -0.15) is 0 Å². The molecule has 1 aromatic carbocycles. The van der Waals surface area contributed by atoms with Gasteiger partial charge in [-0.25, -0.2) is 0 Å². The molecule has 8 heteroatoms. The summed E-state index contributed by atoms with van der Waals surface area (Å²) in [6.07, 6.45) is 4.02. The van der Waals surface area contributed by atoms with Gasteiger partial charge in [-0.3, -0.25) is 14.6 Å². The van der Waals surface area contributed by atoms with Gasteiger partial charge in [-0.1, -0.05) is 29.5 Å². The molecule has 1 saturated heterocycles. The van der Waals surface area contributed by atoms with E-state index in [9.17, 15) is 9.59 Å². The number of piperidine rings is 1.